The van der Waals surface area contributed by atoms with Crippen molar-refractivity contribution in [3.8, 4) is 0 Å². The van der Waals surface area contributed by atoms with Gasteiger partial charge in [-0.15, -0.1) is 0 Å². The van der Waals surface area contributed by atoms with Gasteiger partial charge in [0.25, 0.3) is 0 Å². The van der Waals surface area contributed by atoms with Crippen LogP contribution in [0.5, 0.6) is 0 Å². The van der Waals surface area contributed by atoms with Crippen molar-refractivity contribution < 1.29 is 9.53 Å². The zero-order valence-electron chi connectivity index (χ0n) is 13.3. The summed E-state index contributed by atoms with van der Waals surface area (Å²) in [6, 6.07) is 8.61. The highest BCUT2D eigenvalue weighted by atomic mass is 16.5. The number of aromatic nitrogens is 1. The van der Waals surface area contributed by atoms with Gasteiger partial charge in [-0.1, -0.05) is 19.9 Å². The van der Waals surface area contributed by atoms with E-state index < -0.39 is 0 Å². The molecule has 118 valence electrons. The molecule has 1 atom stereocenters. The van der Waals surface area contributed by atoms with E-state index in [0.29, 0.717) is 19.1 Å². The van der Waals surface area contributed by atoms with Crippen LogP contribution in [-0.4, -0.2) is 42.1 Å². The summed E-state index contributed by atoms with van der Waals surface area (Å²) in [5, 5.41) is 1.24. The molecule has 1 aromatic carbocycles. The second kappa shape index (κ2) is 6.53. The van der Waals surface area contributed by atoms with Gasteiger partial charge in [0.05, 0.1) is 13.2 Å². The third-order valence-electron chi connectivity index (χ3n) is 4.29. The fourth-order valence-corrected chi connectivity index (χ4v) is 3.13. The molecule has 1 aliphatic rings. The molecule has 1 N–H and O–H groups in total. The molecule has 1 fully saturated rings. The number of benzene rings is 1. The van der Waals surface area contributed by atoms with Crippen LogP contribution < -0.4 is 0 Å². The van der Waals surface area contributed by atoms with E-state index in [2.05, 4.69) is 29.2 Å². The maximum Gasteiger partial charge on any atom is 0.225 e. The van der Waals surface area contributed by atoms with E-state index in [0.717, 1.165) is 25.1 Å². The number of H-pyrrole nitrogens is 1. The third kappa shape index (κ3) is 3.33. The van der Waals surface area contributed by atoms with E-state index in [1.54, 1.807) is 0 Å². The standard InChI is InChI=1S/C18H24N2O2/c1-13(2)18(21)20-7-8-22-12-15(11-20)9-14-3-4-17-16(10-14)5-6-19-17/h3-6,10,13,15,19H,7-9,11-12H2,1-2H3. The predicted octanol–water partition coefficient (Wildman–Crippen LogP) is 2.84. The summed E-state index contributed by atoms with van der Waals surface area (Å²) in [6.45, 7) is 6.80. The molecule has 4 nitrogen and oxygen atoms in total. The van der Waals surface area contributed by atoms with Crippen LogP contribution in [0.2, 0.25) is 0 Å². The summed E-state index contributed by atoms with van der Waals surface area (Å²) >= 11 is 0. The van der Waals surface area contributed by atoms with Gasteiger partial charge in [0, 0.05) is 36.6 Å². The number of hydrogen-bond donors (Lipinski definition) is 1. The molecule has 4 heteroatoms. The quantitative estimate of drug-likeness (QED) is 0.947. The molecule has 1 unspecified atom stereocenters. The molecule has 0 aliphatic carbocycles. The largest absolute Gasteiger partial charge is 0.379 e. The van der Waals surface area contributed by atoms with E-state index in [9.17, 15) is 4.79 Å². The Bertz CT molecular complexity index is 647. The Morgan fingerprint density at radius 1 is 1.41 bits per heavy atom. The number of nitrogens with zero attached hydrogens (tertiary/aromatic N) is 1. The number of fused-ring (bicyclic) bond motifs is 1. The van der Waals surface area contributed by atoms with Crippen LogP contribution in [0.1, 0.15) is 19.4 Å². The van der Waals surface area contributed by atoms with Gasteiger partial charge in [-0.2, -0.15) is 0 Å². The molecule has 1 amide bonds. The van der Waals surface area contributed by atoms with Crippen molar-refractivity contribution in [1.82, 2.24) is 9.88 Å². The molecule has 1 aromatic heterocycles. The zero-order valence-corrected chi connectivity index (χ0v) is 13.3. The summed E-state index contributed by atoms with van der Waals surface area (Å²) in [5.74, 6) is 0.646. The van der Waals surface area contributed by atoms with Crippen LogP contribution in [0.15, 0.2) is 30.5 Å². The van der Waals surface area contributed by atoms with Crippen LogP contribution in [0.25, 0.3) is 10.9 Å². The van der Waals surface area contributed by atoms with Crippen LogP contribution in [0.4, 0.5) is 0 Å². The number of carbonyl (C=O) groups excluding carboxylic acids is 1. The molecule has 0 saturated carbocycles. The van der Waals surface area contributed by atoms with Gasteiger partial charge in [-0.05, 0) is 35.6 Å². The Hall–Kier alpha value is -1.81. The van der Waals surface area contributed by atoms with E-state index in [1.165, 1.54) is 10.9 Å². The molecule has 0 bridgehead atoms. The minimum atomic E-state index is 0.0509. The van der Waals surface area contributed by atoms with Crippen molar-refractivity contribution in [2.75, 3.05) is 26.3 Å². The fraction of sp³-hybridized carbons (Fsp3) is 0.500. The molecule has 2 aromatic rings. The normalized spacial score (nSPS) is 19.6. The SMILES string of the molecule is CC(C)C(=O)N1CCOCC(Cc2ccc3[nH]ccc3c2)C1. The molecular weight excluding hydrogens is 276 g/mol. The molecule has 22 heavy (non-hydrogen) atoms. The molecule has 1 aliphatic heterocycles. The van der Waals surface area contributed by atoms with Crippen molar-refractivity contribution >= 4 is 16.8 Å². The Balaban J connectivity index is 1.71. The molecule has 0 radical (unpaired) electrons. The number of aromatic amines is 1. The Morgan fingerprint density at radius 3 is 3.09 bits per heavy atom. The summed E-state index contributed by atoms with van der Waals surface area (Å²) in [4.78, 5) is 17.4. The predicted molar refractivity (Wildman–Crippen MR) is 87.7 cm³/mol. The minimum Gasteiger partial charge on any atom is -0.379 e. The number of nitrogens with one attached hydrogen (secondary N) is 1. The first-order valence-electron chi connectivity index (χ1n) is 8.06. The van der Waals surface area contributed by atoms with Crippen molar-refractivity contribution in [3.05, 3.63) is 36.0 Å². The first-order valence-corrected chi connectivity index (χ1v) is 8.06. The van der Waals surface area contributed by atoms with Crippen LogP contribution >= 0.6 is 0 Å². The van der Waals surface area contributed by atoms with Gasteiger partial charge in [0.1, 0.15) is 0 Å². The molecule has 2 heterocycles. The topological polar surface area (TPSA) is 45.3 Å². The smallest absolute Gasteiger partial charge is 0.225 e. The van der Waals surface area contributed by atoms with Gasteiger partial charge < -0.3 is 14.6 Å². The molecule has 3 rings (SSSR count). The van der Waals surface area contributed by atoms with Gasteiger partial charge in [0.15, 0.2) is 0 Å². The summed E-state index contributed by atoms with van der Waals surface area (Å²) in [7, 11) is 0. The average molecular weight is 300 g/mol. The second-order valence-corrected chi connectivity index (χ2v) is 6.48. The molecule has 0 spiro atoms. The van der Waals surface area contributed by atoms with Gasteiger partial charge >= 0.3 is 0 Å². The number of ether oxygens (including phenoxy) is 1. The lowest BCUT2D eigenvalue weighted by Crippen LogP contribution is -2.38. The van der Waals surface area contributed by atoms with Gasteiger partial charge in [-0.3, -0.25) is 4.79 Å². The second-order valence-electron chi connectivity index (χ2n) is 6.48. The van der Waals surface area contributed by atoms with E-state index >= 15 is 0 Å². The van der Waals surface area contributed by atoms with Crippen molar-refractivity contribution in [3.63, 3.8) is 0 Å². The van der Waals surface area contributed by atoms with Crippen molar-refractivity contribution in [2.45, 2.75) is 20.3 Å². The number of rotatable bonds is 3. The zero-order chi connectivity index (χ0) is 15.5. The van der Waals surface area contributed by atoms with Crippen LogP contribution in [0, 0.1) is 11.8 Å². The van der Waals surface area contributed by atoms with Gasteiger partial charge in [0.2, 0.25) is 5.91 Å². The lowest BCUT2D eigenvalue weighted by atomic mass is 9.98. The monoisotopic (exact) mass is 300 g/mol. The Kier molecular flexibility index (Phi) is 4.48. The van der Waals surface area contributed by atoms with Gasteiger partial charge in [-0.25, -0.2) is 0 Å². The van der Waals surface area contributed by atoms with Crippen LogP contribution in [0.3, 0.4) is 0 Å². The van der Waals surface area contributed by atoms with Crippen molar-refractivity contribution in [1.29, 1.82) is 0 Å². The Labute approximate surface area is 131 Å². The highest BCUT2D eigenvalue weighted by Gasteiger charge is 2.24. The highest BCUT2D eigenvalue weighted by Crippen LogP contribution is 2.19. The number of hydrogen-bond acceptors (Lipinski definition) is 2. The lowest BCUT2D eigenvalue weighted by molar-refractivity contribution is -0.134. The maximum absolute atomic E-state index is 12.3. The summed E-state index contributed by atoms with van der Waals surface area (Å²) < 4.78 is 5.71. The van der Waals surface area contributed by atoms with Crippen molar-refractivity contribution in [2.24, 2.45) is 11.8 Å². The molecular formula is C18H24N2O2. The van der Waals surface area contributed by atoms with Crippen LogP contribution in [-0.2, 0) is 16.0 Å². The number of amides is 1. The fourth-order valence-electron chi connectivity index (χ4n) is 3.13. The lowest BCUT2D eigenvalue weighted by Gasteiger charge is -2.25. The molecule has 1 saturated heterocycles. The summed E-state index contributed by atoms with van der Waals surface area (Å²) in [6.07, 6.45) is 2.91. The van der Waals surface area contributed by atoms with E-state index in [-0.39, 0.29) is 11.8 Å². The highest BCUT2D eigenvalue weighted by molar-refractivity contribution is 5.80. The Morgan fingerprint density at radius 2 is 2.27 bits per heavy atom. The minimum absolute atomic E-state index is 0.0509. The van der Waals surface area contributed by atoms with E-state index in [4.69, 9.17) is 4.74 Å². The summed E-state index contributed by atoms with van der Waals surface area (Å²) in [5.41, 5.74) is 2.47. The first kappa shape index (κ1) is 15.1. The van der Waals surface area contributed by atoms with E-state index in [1.807, 2.05) is 24.9 Å². The third-order valence-corrected chi connectivity index (χ3v) is 4.29. The number of carbonyl (C=O) groups is 1. The first-order chi connectivity index (χ1) is 10.6. The average Bonchev–Trinajstić information content (AvgIpc) is 2.84. The maximum atomic E-state index is 12.3.